The molecule has 0 N–H and O–H groups in total. The minimum atomic E-state index is -0.286. The molecule has 1 aromatic rings. The van der Waals surface area contributed by atoms with E-state index in [0.717, 1.165) is 5.57 Å². The predicted octanol–water partition coefficient (Wildman–Crippen LogP) is 2.43. The fourth-order valence-corrected chi connectivity index (χ4v) is 0.745. The molecule has 0 atom stereocenters. The van der Waals surface area contributed by atoms with Crippen LogP contribution in [-0.4, -0.2) is 5.78 Å². The van der Waals surface area contributed by atoms with Gasteiger partial charge in [0.05, 0.1) is 6.26 Å². The summed E-state index contributed by atoms with van der Waals surface area (Å²) >= 11 is 0. The number of ketones is 1. The molecule has 0 saturated carbocycles. The van der Waals surface area contributed by atoms with Crippen LogP contribution < -0.4 is 0 Å². The first-order valence-corrected chi connectivity index (χ1v) is 3.91. The molecule has 1 aromatic heterocycles. The second-order valence-electron chi connectivity index (χ2n) is 2.74. The fourth-order valence-electron chi connectivity index (χ4n) is 0.745. The summed E-state index contributed by atoms with van der Waals surface area (Å²) in [5.74, 6) is 5.19. The first-order chi connectivity index (χ1) is 6.20. The van der Waals surface area contributed by atoms with Gasteiger partial charge in [-0.25, -0.2) is 0 Å². The Kier molecular flexibility index (Phi) is 3.10. The molecule has 0 aliphatic heterocycles. The van der Waals surface area contributed by atoms with Gasteiger partial charge in [-0.05, 0) is 25.0 Å². The second-order valence-corrected chi connectivity index (χ2v) is 2.74. The van der Waals surface area contributed by atoms with E-state index in [2.05, 4.69) is 18.4 Å². The highest BCUT2D eigenvalue weighted by atomic mass is 16.3. The van der Waals surface area contributed by atoms with Crippen molar-refractivity contribution in [3.05, 3.63) is 36.3 Å². The van der Waals surface area contributed by atoms with Gasteiger partial charge in [-0.15, -0.1) is 0 Å². The summed E-state index contributed by atoms with van der Waals surface area (Å²) in [6.07, 6.45) is 2.00. The summed E-state index contributed by atoms with van der Waals surface area (Å²) < 4.78 is 4.88. The van der Waals surface area contributed by atoms with Crippen LogP contribution >= 0.6 is 0 Å². The quantitative estimate of drug-likeness (QED) is 0.298. The molecule has 0 aliphatic carbocycles. The zero-order valence-corrected chi connectivity index (χ0v) is 7.46. The average Bonchev–Trinajstić information content (AvgIpc) is 2.55. The molecule has 0 amide bonds. The van der Waals surface area contributed by atoms with E-state index < -0.39 is 0 Å². The van der Waals surface area contributed by atoms with Crippen molar-refractivity contribution >= 4 is 5.78 Å². The summed E-state index contributed by atoms with van der Waals surface area (Å²) in [6.45, 7) is 5.54. The van der Waals surface area contributed by atoms with Crippen molar-refractivity contribution in [2.45, 2.75) is 13.3 Å². The Morgan fingerprint density at radius 1 is 1.69 bits per heavy atom. The third-order valence-electron chi connectivity index (χ3n) is 1.34. The van der Waals surface area contributed by atoms with Gasteiger partial charge in [-0.1, -0.05) is 18.1 Å². The van der Waals surface area contributed by atoms with Gasteiger partial charge >= 0.3 is 0 Å². The number of allylic oxidation sites excluding steroid dienone is 1. The van der Waals surface area contributed by atoms with E-state index in [1.54, 1.807) is 12.1 Å². The standard InChI is InChI=1S/C11H10O2/c1-9(2)5-3-6-10(12)11-7-4-8-13-11/h4,7-8H,1,5H2,2H3. The highest BCUT2D eigenvalue weighted by Crippen LogP contribution is 2.00. The van der Waals surface area contributed by atoms with E-state index in [1.165, 1.54) is 6.26 Å². The lowest BCUT2D eigenvalue weighted by molar-refractivity contribution is 0.103. The molecule has 0 unspecified atom stereocenters. The SMILES string of the molecule is C=C(C)CC#CC(=O)c1ccco1. The Morgan fingerprint density at radius 3 is 3.00 bits per heavy atom. The second kappa shape index (κ2) is 4.32. The molecule has 1 heterocycles. The molecular formula is C11H10O2. The zero-order chi connectivity index (χ0) is 9.68. The van der Waals surface area contributed by atoms with Gasteiger partial charge in [0, 0.05) is 6.42 Å². The van der Waals surface area contributed by atoms with E-state index in [9.17, 15) is 4.79 Å². The summed E-state index contributed by atoms with van der Waals surface area (Å²) in [5, 5.41) is 0. The highest BCUT2D eigenvalue weighted by Gasteiger charge is 2.02. The van der Waals surface area contributed by atoms with E-state index >= 15 is 0 Å². The molecular weight excluding hydrogens is 164 g/mol. The highest BCUT2D eigenvalue weighted by molar-refractivity contribution is 6.07. The fraction of sp³-hybridized carbons (Fsp3) is 0.182. The summed E-state index contributed by atoms with van der Waals surface area (Å²) in [5.41, 5.74) is 0.944. The zero-order valence-electron chi connectivity index (χ0n) is 7.46. The average molecular weight is 174 g/mol. The van der Waals surface area contributed by atoms with Gasteiger partial charge in [0.25, 0.3) is 5.78 Å². The van der Waals surface area contributed by atoms with Crippen molar-refractivity contribution in [2.75, 3.05) is 0 Å². The number of carbonyl (C=O) groups is 1. The Labute approximate surface area is 77.3 Å². The molecule has 0 saturated heterocycles. The molecule has 1 rings (SSSR count). The van der Waals surface area contributed by atoms with Gasteiger partial charge < -0.3 is 4.42 Å². The summed E-state index contributed by atoms with van der Waals surface area (Å²) in [4.78, 5) is 11.2. The minimum Gasteiger partial charge on any atom is -0.460 e. The number of hydrogen-bond acceptors (Lipinski definition) is 2. The van der Waals surface area contributed by atoms with E-state index in [4.69, 9.17) is 4.42 Å². The van der Waals surface area contributed by atoms with Crippen LogP contribution in [-0.2, 0) is 0 Å². The van der Waals surface area contributed by atoms with Crippen LogP contribution in [0.2, 0.25) is 0 Å². The molecule has 0 aromatic carbocycles. The Morgan fingerprint density at radius 2 is 2.46 bits per heavy atom. The monoisotopic (exact) mass is 174 g/mol. The first-order valence-electron chi connectivity index (χ1n) is 3.91. The van der Waals surface area contributed by atoms with Crippen LogP contribution in [0.15, 0.2) is 35.0 Å². The van der Waals surface area contributed by atoms with Crippen molar-refractivity contribution in [3.63, 3.8) is 0 Å². The number of Topliss-reactive ketones (excluding diaryl/α,β-unsaturated/α-hetero) is 1. The summed E-state index contributed by atoms with van der Waals surface area (Å²) in [6, 6.07) is 3.26. The minimum absolute atomic E-state index is 0.286. The van der Waals surface area contributed by atoms with Gasteiger partial charge in [-0.2, -0.15) is 0 Å². The maximum atomic E-state index is 11.2. The predicted molar refractivity (Wildman–Crippen MR) is 50.2 cm³/mol. The van der Waals surface area contributed by atoms with E-state index in [0.29, 0.717) is 6.42 Å². The number of furan rings is 1. The smallest absolute Gasteiger partial charge is 0.271 e. The van der Waals surface area contributed by atoms with Crippen LogP contribution in [0.3, 0.4) is 0 Å². The van der Waals surface area contributed by atoms with Crippen LogP contribution in [0.4, 0.5) is 0 Å². The van der Waals surface area contributed by atoms with Crippen molar-refractivity contribution in [1.82, 2.24) is 0 Å². The molecule has 0 fully saturated rings. The molecule has 0 bridgehead atoms. The van der Waals surface area contributed by atoms with Gasteiger partial charge in [-0.3, -0.25) is 4.79 Å². The van der Waals surface area contributed by atoms with Gasteiger partial charge in [0.2, 0.25) is 0 Å². The summed E-state index contributed by atoms with van der Waals surface area (Å²) in [7, 11) is 0. The number of hydrogen-bond donors (Lipinski definition) is 0. The van der Waals surface area contributed by atoms with Crippen LogP contribution in [0.25, 0.3) is 0 Å². The van der Waals surface area contributed by atoms with Crippen molar-refractivity contribution in [1.29, 1.82) is 0 Å². The maximum absolute atomic E-state index is 11.2. The molecule has 66 valence electrons. The lowest BCUT2D eigenvalue weighted by atomic mass is 10.2. The van der Waals surface area contributed by atoms with E-state index in [1.807, 2.05) is 6.92 Å². The van der Waals surface area contributed by atoms with Gasteiger partial charge in [0.1, 0.15) is 0 Å². The van der Waals surface area contributed by atoms with Crippen LogP contribution in [0.1, 0.15) is 23.9 Å². The molecule has 0 spiro atoms. The Bertz CT molecular complexity index is 361. The maximum Gasteiger partial charge on any atom is 0.271 e. The van der Waals surface area contributed by atoms with Crippen LogP contribution in [0, 0.1) is 11.8 Å². The van der Waals surface area contributed by atoms with Crippen molar-refractivity contribution in [3.8, 4) is 11.8 Å². The molecule has 13 heavy (non-hydrogen) atoms. The third-order valence-corrected chi connectivity index (χ3v) is 1.34. The number of rotatable bonds is 2. The van der Waals surface area contributed by atoms with E-state index in [-0.39, 0.29) is 11.5 Å². The van der Waals surface area contributed by atoms with Gasteiger partial charge in [0.15, 0.2) is 5.76 Å². The Hall–Kier alpha value is -1.75. The topological polar surface area (TPSA) is 30.2 Å². The molecule has 0 radical (unpaired) electrons. The first kappa shape index (κ1) is 9.34. The van der Waals surface area contributed by atoms with Crippen molar-refractivity contribution in [2.24, 2.45) is 0 Å². The largest absolute Gasteiger partial charge is 0.460 e. The lowest BCUT2D eigenvalue weighted by Gasteiger charge is -1.85. The third kappa shape index (κ3) is 3.00. The van der Waals surface area contributed by atoms with Crippen molar-refractivity contribution < 1.29 is 9.21 Å². The Balaban J connectivity index is 2.59. The van der Waals surface area contributed by atoms with Crippen LogP contribution in [0.5, 0.6) is 0 Å². The molecule has 2 heteroatoms. The lowest BCUT2D eigenvalue weighted by Crippen LogP contribution is -1.91. The molecule has 0 aliphatic rings. The normalized spacial score (nSPS) is 8.69. The molecule has 2 nitrogen and oxygen atoms in total. The number of carbonyl (C=O) groups excluding carboxylic acids is 1.